The minimum atomic E-state index is 0.187. The van der Waals surface area contributed by atoms with Gasteiger partial charge in [-0.1, -0.05) is 37.6 Å². The molecule has 31 heavy (non-hydrogen) atoms. The van der Waals surface area contributed by atoms with E-state index in [9.17, 15) is 0 Å². The van der Waals surface area contributed by atoms with Crippen LogP contribution in [0, 0.1) is 0 Å². The lowest BCUT2D eigenvalue weighted by Gasteiger charge is -2.15. The smallest absolute Gasteiger partial charge is 0.323 e. The fourth-order valence-corrected chi connectivity index (χ4v) is 3.38. The quantitative estimate of drug-likeness (QED) is 0.366. The van der Waals surface area contributed by atoms with Gasteiger partial charge in [0, 0.05) is 13.1 Å². The molecule has 1 atom stereocenters. The molecule has 2 aromatic rings. The third kappa shape index (κ3) is 7.61. The van der Waals surface area contributed by atoms with Gasteiger partial charge >= 0.3 is 6.01 Å². The summed E-state index contributed by atoms with van der Waals surface area (Å²) in [4.78, 5) is 13.4. The van der Waals surface area contributed by atoms with Crippen molar-refractivity contribution in [1.82, 2.24) is 15.0 Å². The summed E-state index contributed by atoms with van der Waals surface area (Å²) in [5, 5.41) is 6.65. The molecule has 0 spiro atoms. The van der Waals surface area contributed by atoms with Gasteiger partial charge in [-0.05, 0) is 30.4 Å². The summed E-state index contributed by atoms with van der Waals surface area (Å²) >= 11 is 0. The predicted octanol–water partition coefficient (Wildman–Crippen LogP) is 2.55. The summed E-state index contributed by atoms with van der Waals surface area (Å²) in [5.41, 5.74) is 8.06. The average Bonchev–Trinajstić information content (AvgIpc) is 3.18. The molecule has 9 nitrogen and oxygen atoms in total. The second-order valence-electron chi connectivity index (χ2n) is 7.34. The fraction of sp³-hybridized carbons (Fsp3) is 0.591. The van der Waals surface area contributed by atoms with Crippen molar-refractivity contribution in [3.8, 4) is 6.01 Å². The second-order valence-corrected chi connectivity index (χ2v) is 7.34. The number of benzene rings is 1. The first kappa shape index (κ1) is 23.2. The molecule has 0 fully saturated rings. The highest BCUT2D eigenvalue weighted by atomic mass is 16.5. The SMILES string of the molecule is CCCCOc1nc(NCCOCCOCCN)nc(NC2CCc3ccccc32)n1. The van der Waals surface area contributed by atoms with E-state index in [4.69, 9.17) is 19.9 Å². The molecule has 0 bridgehead atoms. The third-order valence-corrected chi connectivity index (χ3v) is 4.94. The summed E-state index contributed by atoms with van der Waals surface area (Å²) in [7, 11) is 0. The monoisotopic (exact) mass is 430 g/mol. The number of ether oxygens (including phenoxy) is 3. The van der Waals surface area contributed by atoms with Crippen LogP contribution in [0.3, 0.4) is 0 Å². The van der Waals surface area contributed by atoms with E-state index >= 15 is 0 Å². The number of aryl methyl sites for hydroxylation is 1. The maximum Gasteiger partial charge on any atom is 0.323 e. The zero-order chi connectivity index (χ0) is 21.7. The molecule has 1 aliphatic carbocycles. The molecule has 0 saturated carbocycles. The third-order valence-electron chi connectivity index (χ3n) is 4.94. The summed E-state index contributed by atoms with van der Waals surface area (Å²) in [6.45, 7) is 5.92. The average molecular weight is 431 g/mol. The molecule has 3 rings (SSSR count). The van der Waals surface area contributed by atoms with Crippen molar-refractivity contribution in [1.29, 1.82) is 0 Å². The predicted molar refractivity (Wildman–Crippen MR) is 121 cm³/mol. The number of hydrogen-bond donors (Lipinski definition) is 3. The van der Waals surface area contributed by atoms with E-state index in [0.717, 1.165) is 25.7 Å². The topological polar surface area (TPSA) is 116 Å². The van der Waals surface area contributed by atoms with E-state index in [0.29, 0.717) is 64.0 Å². The fourth-order valence-electron chi connectivity index (χ4n) is 3.38. The van der Waals surface area contributed by atoms with Crippen LogP contribution in [0.25, 0.3) is 0 Å². The Balaban J connectivity index is 1.56. The molecule has 1 heterocycles. The van der Waals surface area contributed by atoms with Crippen molar-refractivity contribution >= 4 is 11.9 Å². The molecule has 0 radical (unpaired) electrons. The van der Waals surface area contributed by atoms with Gasteiger partial charge in [0.1, 0.15) is 0 Å². The summed E-state index contributed by atoms with van der Waals surface area (Å²) in [6, 6.07) is 9.01. The first-order valence-corrected chi connectivity index (χ1v) is 11.1. The highest BCUT2D eigenvalue weighted by molar-refractivity contribution is 5.43. The number of unbranched alkanes of at least 4 members (excludes halogenated alkanes) is 1. The van der Waals surface area contributed by atoms with Gasteiger partial charge in [0.05, 0.1) is 39.1 Å². The lowest BCUT2D eigenvalue weighted by atomic mass is 10.1. The van der Waals surface area contributed by atoms with E-state index in [-0.39, 0.29) is 6.04 Å². The largest absolute Gasteiger partial charge is 0.463 e. The summed E-state index contributed by atoms with van der Waals surface area (Å²) < 4.78 is 16.6. The highest BCUT2D eigenvalue weighted by Gasteiger charge is 2.23. The Hall–Kier alpha value is -2.49. The number of fused-ring (bicyclic) bond motifs is 1. The van der Waals surface area contributed by atoms with E-state index in [2.05, 4.69) is 56.8 Å². The van der Waals surface area contributed by atoms with Crippen LogP contribution in [-0.2, 0) is 15.9 Å². The Bertz CT molecular complexity index is 792. The lowest BCUT2D eigenvalue weighted by Crippen LogP contribution is -2.17. The zero-order valence-corrected chi connectivity index (χ0v) is 18.3. The lowest BCUT2D eigenvalue weighted by molar-refractivity contribution is 0.0547. The number of rotatable bonds is 15. The van der Waals surface area contributed by atoms with Gasteiger partial charge in [-0.2, -0.15) is 15.0 Å². The molecule has 0 saturated heterocycles. The van der Waals surface area contributed by atoms with E-state index in [1.54, 1.807) is 0 Å². The minimum Gasteiger partial charge on any atom is -0.463 e. The van der Waals surface area contributed by atoms with Crippen LogP contribution >= 0.6 is 0 Å². The number of aromatic nitrogens is 3. The van der Waals surface area contributed by atoms with Crippen molar-refractivity contribution in [3.63, 3.8) is 0 Å². The Morgan fingerprint density at radius 2 is 1.81 bits per heavy atom. The van der Waals surface area contributed by atoms with E-state index in [1.165, 1.54) is 11.1 Å². The van der Waals surface area contributed by atoms with Crippen LogP contribution in [0.15, 0.2) is 24.3 Å². The molecule has 170 valence electrons. The number of nitrogens with one attached hydrogen (secondary N) is 2. The molecule has 1 aromatic carbocycles. The van der Waals surface area contributed by atoms with Crippen LogP contribution in [0.1, 0.15) is 43.4 Å². The first-order valence-electron chi connectivity index (χ1n) is 11.1. The van der Waals surface area contributed by atoms with Crippen LogP contribution < -0.4 is 21.1 Å². The van der Waals surface area contributed by atoms with Gasteiger partial charge in [-0.3, -0.25) is 0 Å². The van der Waals surface area contributed by atoms with Gasteiger partial charge in [0.15, 0.2) is 0 Å². The number of anilines is 2. The van der Waals surface area contributed by atoms with Crippen molar-refractivity contribution in [2.75, 3.05) is 56.8 Å². The Labute approximate surface area is 184 Å². The highest BCUT2D eigenvalue weighted by Crippen LogP contribution is 2.33. The van der Waals surface area contributed by atoms with Crippen LogP contribution in [0.2, 0.25) is 0 Å². The molecule has 9 heteroatoms. The summed E-state index contributed by atoms with van der Waals surface area (Å²) in [5.74, 6) is 0.986. The molecule has 4 N–H and O–H groups in total. The van der Waals surface area contributed by atoms with Crippen molar-refractivity contribution < 1.29 is 14.2 Å². The van der Waals surface area contributed by atoms with Crippen molar-refractivity contribution in [3.05, 3.63) is 35.4 Å². The Morgan fingerprint density at radius 3 is 2.65 bits per heavy atom. The van der Waals surface area contributed by atoms with Crippen LogP contribution in [0.5, 0.6) is 6.01 Å². The molecule has 1 aromatic heterocycles. The van der Waals surface area contributed by atoms with Gasteiger partial charge < -0.3 is 30.6 Å². The first-order chi connectivity index (χ1) is 15.3. The number of hydrogen-bond acceptors (Lipinski definition) is 9. The Morgan fingerprint density at radius 1 is 1.00 bits per heavy atom. The van der Waals surface area contributed by atoms with E-state index < -0.39 is 0 Å². The molecular weight excluding hydrogens is 396 g/mol. The normalized spacial score (nSPS) is 15.0. The van der Waals surface area contributed by atoms with Gasteiger partial charge in [-0.25, -0.2) is 0 Å². The van der Waals surface area contributed by atoms with E-state index in [1.807, 2.05) is 0 Å². The molecule has 1 aliphatic rings. The Kier molecular flexibility index (Phi) is 9.75. The summed E-state index contributed by atoms with van der Waals surface area (Å²) in [6.07, 6.45) is 4.07. The van der Waals surface area contributed by atoms with Crippen molar-refractivity contribution in [2.24, 2.45) is 5.73 Å². The maximum atomic E-state index is 5.74. The maximum absolute atomic E-state index is 5.74. The second kappa shape index (κ2) is 13.0. The number of nitrogens with two attached hydrogens (primary N) is 1. The molecular formula is C22H34N6O3. The van der Waals surface area contributed by atoms with Gasteiger partial charge in [-0.15, -0.1) is 0 Å². The standard InChI is InChI=1S/C22H34N6O3/c1-2-3-12-31-22-27-20(24-11-14-30-16-15-29-13-10-23)26-21(28-22)25-19-9-8-17-6-4-5-7-18(17)19/h4-7,19H,2-3,8-16,23H2,1H3,(H2,24,25,26,27,28). The zero-order valence-electron chi connectivity index (χ0n) is 18.3. The van der Waals surface area contributed by atoms with Crippen LogP contribution in [-0.4, -0.2) is 61.1 Å². The molecule has 0 amide bonds. The van der Waals surface area contributed by atoms with Gasteiger partial charge in [0.25, 0.3) is 0 Å². The molecule has 1 unspecified atom stereocenters. The minimum absolute atomic E-state index is 0.187. The molecule has 0 aliphatic heterocycles. The van der Waals surface area contributed by atoms with Crippen molar-refractivity contribution in [2.45, 2.75) is 38.6 Å². The number of nitrogens with zero attached hydrogens (tertiary/aromatic N) is 3. The van der Waals surface area contributed by atoms with Crippen LogP contribution in [0.4, 0.5) is 11.9 Å². The van der Waals surface area contributed by atoms with Gasteiger partial charge in [0.2, 0.25) is 11.9 Å².